The Morgan fingerprint density at radius 1 is 1.22 bits per heavy atom. The number of carboxylic acid groups (broad SMARTS) is 1. The largest absolute Gasteiger partial charge is 0.480 e. The zero-order chi connectivity index (χ0) is 20.7. The lowest BCUT2D eigenvalue weighted by atomic mass is 10.1. The number of hydrogen-bond donors (Lipinski definition) is 4. The van der Waals surface area contributed by atoms with E-state index in [-0.39, 0.29) is 18.5 Å². The van der Waals surface area contributed by atoms with Crippen molar-refractivity contribution in [3.05, 3.63) is 38.4 Å². The van der Waals surface area contributed by atoms with Crippen LogP contribution in [0.15, 0.2) is 18.2 Å². The van der Waals surface area contributed by atoms with Crippen LogP contribution >= 0.6 is 0 Å². The molecule has 13 heteroatoms. The van der Waals surface area contributed by atoms with Crippen LogP contribution < -0.4 is 16.4 Å². The number of nitro groups is 2. The number of nitrogens with zero attached hydrogens (tertiary/aromatic N) is 2. The van der Waals surface area contributed by atoms with Crippen molar-refractivity contribution in [3.63, 3.8) is 0 Å². The third-order valence-electron chi connectivity index (χ3n) is 3.45. The number of carbonyl (C=O) groups excluding carboxylic acids is 2. The van der Waals surface area contributed by atoms with E-state index in [1.807, 2.05) is 0 Å². The van der Waals surface area contributed by atoms with Crippen molar-refractivity contribution >= 4 is 34.8 Å². The Hall–Kier alpha value is -3.77. The summed E-state index contributed by atoms with van der Waals surface area (Å²) in [4.78, 5) is 54.2. The lowest BCUT2D eigenvalue weighted by molar-refractivity contribution is -0.393. The van der Waals surface area contributed by atoms with Gasteiger partial charge in [-0.1, -0.05) is 0 Å². The molecule has 27 heavy (non-hydrogen) atoms. The smallest absolute Gasteiger partial charge is 0.326 e. The van der Waals surface area contributed by atoms with Gasteiger partial charge in [0, 0.05) is 12.5 Å². The van der Waals surface area contributed by atoms with Gasteiger partial charge in [0.05, 0.1) is 15.9 Å². The molecule has 5 N–H and O–H groups in total. The van der Waals surface area contributed by atoms with Crippen LogP contribution in [0.5, 0.6) is 0 Å². The summed E-state index contributed by atoms with van der Waals surface area (Å²) < 4.78 is 0. The quantitative estimate of drug-likeness (QED) is 0.319. The molecule has 2 amide bonds. The molecule has 0 bridgehead atoms. The van der Waals surface area contributed by atoms with Crippen LogP contribution in [-0.2, 0) is 14.4 Å². The van der Waals surface area contributed by atoms with Gasteiger partial charge < -0.3 is 21.5 Å². The van der Waals surface area contributed by atoms with Gasteiger partial charge in [0.15, 0.2) is 0 Å². The van der Waals surface area contributed by atoms with E-state index in [1.165, 1.54) is 6.92 Å². The van der Waals surface area contributed by atoms with Gasteiger partial charge in [-0.05, 0) is 19.4 Å². The van der Waals surface area contributed by atoms with Gasteiger partial charge in [0.25, 0.3) is 11.4 Å². The minimum Gasteiger partial charge on any atom is -0.480 e. The van der Waals surface area contributed by atoms with Crippen molar-refractivity contribution in [1.82, 2.24) is 5.32 Å². The number of rotatable bonds is 10. The zero-order valence-corrected chi connectivity index (χ0v) is 14.1. The number of non-ortho nitro benzene ring substituents is 1. The fourth-order valence-electron chi connectivity index (χ4n) is 2.05. The molecule has 0 saturated heterocycles. The molecule has 0 radical (unpaired) electrons. The maximum Gasteiger partial charge on any atom is 0.326 e. The summed E-state index contributed by atoms with van der Waals surface area (Å²) in [6.45, 7) is 1.31. The number of nitrogens with one attached hydrogen (secondary N) is 2. The molecule has 146 valence electrons. The lowest BCUT2D eigenvalue weighted by Crippen LogP contribution is -2.47. The second-order valence-electron chi connectivity index (χ2n) is 5.49. The molecule has 1 aromatic carbocycles. The van der Waals surface area contributed by atoms with Crippen molar-refractivity contribution in [2.24, 2.45) is 5.73 Å². The minimum absolute atomic E-state index is 0.155. The summed E-state index contributed by atoms with van der Waals surface area (Å²) in [6.07, 6.45) is -0.478. The van der Waals surface area contributed by atoms with E-state index in [0.717, 1.165) is 18.2 Å². The van der Waals surface area contributed by atoms with Gasteiger partial charge in [-0.25, -0.2) is 4.79 Å². The Balaban J connectivity index is 2.90. The molecular formula is C14H17N5O8. The Kier molecular flexibility index (Phi) is 7.15. The fourth-order valence-corrected chi connectivity index (χ4v) is 2.05. The van der Waals surface area contributed by atoms with Gasteiger partial charge in [0.2, 0.25) is 11.8 Å². The van der Waals surface area contributed by atoms with E-state index in [1.54, 1.807) is 0 Å². The maximum atomic E-state index is 12.1. The average Bonchev–Trinajstić information content (AvgIpc) is 2.57. The first-order valence-electron chi connectivity index (χ1n) is 7.53. The average molecular weight is 383 g/mol. The molecule has 0 fully saturated rings. The summed E-state index contributed by atoms with van der Waals surface area (Å²) >= 11 is 0. The van der Waals surface area contributed by atoms with Crippen LogP contribution in [0.2, 0.25) is 0 Å². The first kappa shape index (κ1) is 21.3. The Bertz CT molecular complexity index is 781. The first-order valence-corrected chi connectivity index (χ1v) is 7.53. The molecule has 0 unspecified atom stereocenters. The van der Waals surface area contributed by atoms with Crippen LogP contribution in [0.4, 0.5) is 17.1 Å². The van der Waals surface area contributed by atoms with E-state index in [2.05, 4.69) is 10.6 Å². The monoisotopic (exact) mass is 383 g/mol. The molecule has 0 aliphatic rings. The lowest BCUT2D eigenvalue weighted by Gasteiger charge is -2.19. The van der Waals surface area contributed by atoms with Gasteiger partial charge in [-0.3, -0.25) is 29.8 Å². The number of nitro benzene ring substituents is 2. The summed E-state index contributed by atoms with van der Waals surface area (Å²) in [5.41, 5.74) is 3.67. The molecule has 1 aromatic rings. The highest BCUT2D eigenvalue weighted by Crippen LogP contribution is 2.29. The molecular weight excluding hydrogens is 366 g/mol. The van der Waals surface area contributed by atoms with E-state index in [0.29, 0.717) is 0 Å². The maximum absolute atomic E-state index is 12.1. The molecule has 2 atom stereocenters. The standard InChI is InChI=1S/C14H17N5O8/c1-7(13(21)17-10(14(22)23)4-5-12(15)20)16-9-3-2-8(18(24)25)6-11(9)19(26)27/h2-3,6-7,10,16H,4-5H2,1H3,(H2,15,20)(H,17,21)(H,22,23)/t7-,10-/m0/s1. The Morgan fingerprint density at radius 3 is 2.33 bits per heavy atom. The van der Waals surface area contributed by atoms with E-state index >= 15 is 0 Å². The van der Waals surface area contributed by atoms with Crippen LogP contribution in [-0.4, -0.2) is 44.8 Å². The number of amides is 2. The van der Waals surface area contributed by atoms with Gasteiger partial charge in [-0.2, -0.15) is 0 Å². The number of carbonyl (C=O) groups is 3. The van der Waals surface area contributed by atoms with Crippen molar-refractivity contribution in [1.29, 1.82) is 0 Å². The summed E-state index contributed by atoms with van der Waals surface area (Å²) in [7, 11) is 0. The van der Waals surface area contributed by atoms with E-state index < -0.39 is 51.1 Å². The van der Waals surface area contributed by atoms with Gasteiger partial charge in [0.1, 0.15) is 17.8 Å². The van der Waals surface area contributed by atoms with Gasteiger partial charge in [-0.15, -0.1) is 0 Å². The zero-order valence-electron chi connectivity index (χ0n) is 14.1. The molecule has 0 heterocycles. The summed E-state index contributed by atoms with van der Waals surface area (Å²) in [5, 5.41) is 35.6. The van der Waals surface area contributed by atoms with E-state index in [4.69, 9.17) is 10.8 Å². The van der Waals surface area contributed by atoms with Gasteiger partial charge >= 0.3 is 5.97 Å². The van der Waals surface area contributed by atoms with Crippen molar-refractivity contribution in [2.45, 2.75) is 31.8 Å². The molecule has 0 saturated carbocycles. The number of carboxylic acids is 1. The van der Waals surface area contributed by atoms with Crippen LogP contribution in [0.3, 0.4) is 0 Å². The highest BCUT2D eigenvalue weighted by Gasteiger charge is 2.26. The number of anilines is 1. The summed E-state index contributed by atoms with van der Waals surface area (Å²) in [6, 6.07) is 0.343. The van der Waals surface area contributed by atoms with Crippen molar-refractivity contribution in [3.8, 4) is 0 Å². The molecule has 0 spiro atoms. The highest BCUT2D eigenvalue weighted by molar-refractivity contribution is 5.89. The molecule has 0 aliphatic carbocycles. The number of nitrogens with two attached hydrogens (primary N) is 1. The molecule has 0 aliphatic heterocycles. The second kappa shape index (κ2) is 9.07. The predicted octanol–water partition coefficient (Wildman–Crippen LogP) is 0.138. The first-order chi connectivity index (χ1) is 12.5. The summed E-state index contributed by atoms with van der Waals surface area (Å²) in [5.74, 6) is -2.92. The highest BCUT2D eigenvalue weighted by atomic mass is 16.6. The number of aliphatic carboxylic acids is 1. The van der Waals surface area contributed by atoms with E-state index in [9.17, 15) is 34.6 Å². The van der Waals surface area contributed by atoms with Crippen LogP contribution in [0.1, 0.15) is 19.8 Å². The van der Waals surface area contributed by atoms with Crippen molar-refractivity contribution in [2.75, 3.05) is 5.32 Å². The molecule has 13 nitrogen and oxygen atoms in total. The topological polar surface area (TPSA) is 208 Å². The molecule has 0 aromatic heterocycles. The Labute approximate surface area is 151 Å². The number of primary amides is 1. The Morgan fingerprint density at radius 2 is 1.85 bits per heavy atom. The number of hydrogen-bond acceptors (Lipinski definition) is 8. The molecule has 1 rings (SSSR count). The predicted molar refractivity (Wildman–Crippen MR) is 90.8 cm³/mol. The minimum atomic E-state index is -1.38. The van der Waals surface area contributed by atoms with Crippen LogP contribution in [0.25, 0.3) is 0 Å². The second-order valence-corrected chi connectivity index (χ2v) is 5.49. The third-order valence-corrected chi connectivity index (χ3v) is 3.45. The van der Waals surface area contributed by atoms with Crippen molar-refractivity contribution < 1.29 is 29.3 Å². The van der Waals surface area contributed by atoms with Crippen LogP contribution in [0, 0.1) is 20.2 Å². The number of benzene rings is 1. The third kappa shape index (κ3) is 6.22. The SMILES string of the molecule is C[C@H](Nc1ccc([N+](=O)[O-])cc1[N+](=O)[O-])C(=O)N[C@@H](CCC(N)=O)C(=O)O. The fraction of sp³-hybridized carbons (Fsp3) is 0.357. The normalized spacial score (nSPS) is 12.5.